The molecule has 26 heavy (non-hydrogen) atoms. The number of nitrogens with one attached hydrogen (secondary N) is 1. The minimum Gasteiger partial charge on any atom is -0.395 e. The SMILES string of the molecule is CCCN(CCC)C1=C(S(=O)(=O)NCCO)C(=O)c2ccccc2C1=O. The zero-order chi connectivity index (χ0) is 19.3. The summed E-state index contributed by atoms with van der Waals surface area (Å²) in [4.78, 5) is 27.2. The largest absolute Gasteiger partial charge is 0.395 e. The van der Waals surface area contributed by atoms with Gasteiger partial charge in [-0.25, -0.2) is 13.1 Å². The fraction of sp³-hybridized carbons (Fsp3) is 0.444. The molecule has 0 atom stereocenters. The van der Waals surface area contributed by atoms with Gasteiger partial charge in [0.1, 0.15) is 5.70 Å². The molecule has 0 aliphatic heterocycles. The molecule has 0 fully saturated rings. The van der Waals surface area contributed by atoms with Crippen molar-refractivity contribution in [2.24, 2.45) is 0 Å². The van der Waals surface area contributed by atoms with E-state index < -0.39 is 33.1 Å². The molecule has 0 unspecified atom stereocenters. The molecule has 7 nitrogen and oxygen atoms in total. The van der Waals surface area contributed by atoms with Crippen molar-refractivity contribution < 1.29 is 23.1 Å². The first kappa shape index (κ1) is 20.3. The number of aliphatic hydroxyl groups excluding tert-OH is 1. The van der Waals surface area contributed by atoms with Crippen molar-refractivity contribution in [2.75, 3.05) is 26.2 Å². The Balaban J connectivity index is 2.72. The Hall–Kier alpha value is -2.03. The van der Waals surface area contributed by atoms with Crippen LogP contribution in [0.3, 0.4) is 0 Å². The number of carbonyl (C=O) groups excluding carboxylic acids is 2. The molecule has 142 valence electrons. The molecule has 1 aliphatic carbocycles. The van der Waals surface area contributed by atoms with Gasteiger partial charge >= 0.3 is 0 Å². The zero-order valence-electron chi connectivity index (χ0n) is 15.0. The second-order valence-corrected chi connectivity index (χ2v) is 7.69. The summed E-state index contributed by atoms with van der Waals surface area (Å²) in [7, 11) is -4.24. The first-order valence-electron chi connectivity index (χ1n) is 8.67. The Morgan fingerprint density at radius 2 is 1.54 bits per heavy atom. The predicted molar refractivity (Wildman–Crippen MR) is 98.3 cm³/mol. The van der Waals surface area contributed by atoms with Crippen molar-refractivity contribution in [1.82, 2.24) is 9.62 Å². The van der Waals surface area contributed by atoms with Gasteiger partial charge in [-0.3, -0.25) is 9.59 Å². The van der Waals surface area contributed by atoms with Crippen molar-refractivity contribution in [3.63, 3.8) is 0 Å². The molecule has 0 radical (unpaired) electrons. The predicted octanol–water partition coefficient (Wildman–Crippen LogP) is 1.31. The van der Waals surface area contributed by atoms with Gasteiger partial charge in [-0.05, 0) is 12.8 Å². The summed E-state index contributed by atoms with van der Waals surface area (Å²) in [6, 6.07) is 6.24. The Morgan fingerprint density at radius 1 is 1.00 bits per heavy atom. The number of ketones is 2. The quantitative estimate of drug-likeness (QED) is 0.669. The average molecular weight is 380 g/mol. The third-order valence-corrected chi connectivity index (χ3v) is 5.53. The lowest BCUT2D eigenvalue weighted by Crippen LogP contribution is -2.40. The molecule has 8 heteroatoms. The highest BCUT2D eigenvalue weighted by Crippen LogP contribution is 2.31. The number of nitrogens with zero attached hydrogens (tertiary/aromatic N) is 1. The Morgan fingerprint density at radius 3 is 2.04 bits per heavy atom. The van der Waals surface area contributed by atoms with E-state index in [1.807, 2.05) is 13.8 Å². The summed E-state index contributed by atoms with van der Waals surface area (Å²) in [6.07, 6.45) is 1.40. The van der Waals surface area contributed by atoms with Gasteiger partial charge in [0.25, 0.3) is 0 Å². The van der Waals surface area contributed by atoms with Gasteiger partial charge in [-0.2, -0.15) is 0 Å². The van der Waals surface area contributed by atoms with E-state index in [1.54, 1.807) is 17.0 Å². The molecule has 2 N–H and O–H groups in total. The van der Waals surface area contributed by atoms with Crippen molar-refractivity contribution in [3.05, 3.63) is 46.0 Å². The van der Waals surface area contributed by atoms with E-state index in [2.05, 4.69) is 4.72 Å². The van der Waals surface area contributed by atoms with Gasteiger partial charge in [0, 0.05) is 30.8 Å². The first-order valence-corrected chi connectivity index (χ1v) is 10.2. The van der Waals surface area contributed by atoms with Crippen LogP contribution < -0.4 is 4.72 Å². The number of hydrogen-bond donors (Lipinski definition) is 2. The van der Waals surface area contributed by atoms with Crippen LogP contribution in [0.25, 0.3) is 0 Å². The minimum absolute atomic E-state index is 0.0807. The molecule has 1 aliphatic rings. The number of aliphatic hydroxyl groups is 1. The normalized spacial score (nSPS) is 14.6. The Bertz CT molecular complexity index is 824. The van der Waals surface area contributed by atoms with Crippen molar-refractivity contribution in [3.8, 4) is 0 Å². The molecule has 0 heterocycles. The van der Waals surface area contributed by atoms with E-state index in [-0.39, 0.29) is 23.4 Å². The molecular formula is C18H24N2O5S. The number of sulfonamides is 1. The van der Waals surface area contributed by atoms with E-state index in [4.69, 9.17) is 5.11 Å². The topological polar surface area (TPSA) is 104 Å². The fourth-order valence-corrected chi connectivity index (χ4v) is 4.34. The molecule has 0 bridgehead atoms. The zero-order valence-corrected chi connectivity index (χ0v) is 15.8. The molecule has 0 aromatic heterocycles. The number of allylic oxidation sites excluding steroid dienone is 2. The minimum atomic E-state index is -4.24. The maximum absolute atomic E-state index is 13.1. The smallest absolute Gasteiger partial charge is 0.246 e. The van der Waals surface area contributed by atoms with Crippen LogP contribution >= 0.6 is 0 Å². The molecule has 0 amide bonds. The summed E-state index contributed by atoms with van der Waals surface area (Å²) in [5.41, 5.74) is 0.215. The second kappa shape index (κ2) is 8.57. The van der Waals surface area contributed by atoms with Crippen LogP contribution in [0.2, 0.25) is 0 Å². The van der Waals surface area contributed by atoms with Crippen LogP contribution in [0, 0.1) is 0 Å². The maximum Gasteiger partial charge on any atom is 0.246 e. The van der Waals surface area contributed by atoms with E-state index in [0.29, 0.717) is 25.9 Å². The highest BCUT2D eigenvalue weighted by Gasteiger charge is 2.40. The average Bonchev–Trinajstić information content (AvgIpc) is 2.62. The second-order valence-electron chi connectivity index (χ2n) is 5.99. The summed E-state index contributed by atoms with van der Waals surface area (Å²) >= 11 is 0. The van der Waals surface area contributed by atoms with Gasteiger partial charge < -0.3 is 10.0 Å². The monoisotopic (exact) mass is 380 g/mol. The van der Waals surface area contributed by atoms with Gasteiger partial charge in [-0.1, -0.05) is 38.1 Å². The standard InChI is InChI=1S/C18H24N2O5S/c1-3-10-20(11-4-2)15-16(22)13-7-5-6-8-14(13)17(23)18(15)26(24,25)19-9-12-21/h5-8,19,21H,3-4,9-12H2,1-2H3. The number of benzene rings is 1. The van der Waals surface area contributed by atoms with E-state index in [0.717, 1.165) is 0 Å². The molecular weight excluding hydrogens is 356 g/mol. The van der Waals surface area contributed by atoms with Gasteiger partial charge in [0.05, 0.1) is 6.61 Å². The Kier molecular flexibility index (Phi) is 6.69. The van der Waals surface area contributed by atoms with Crippen molar-refractivity contribution in [2.45, 2.75) is 26.7 Å². The van der Waals surface area contributed by atoms with E-state index in [9.17, 15) is 18.0 Å². The van der Waals surface area contributed by atoms with Crippen molar-refractivity contribution >= 4 is 21.6 Å². The van der Waals surface area contributed by atoms with Crippen LogP contribution in [0.4, 0.5) is 0 Å². The molecule has 2 rings (SSSR count). The number of Topliss-reactive ketones (excluding diaryl/α,β-unsaturated/α-hetero) is 2. The van der Waals surface area contributed by atoms with E-state index in [1.165, 1.54) is 12.1 Å². The molecule has 0 spiro atoms. The lowest BCUT2D eigenvalue weighted by Gasteiger charge is -2.30. The first-order chi connectivity index (χ1) is 12.4. The van der Waals surface area contributed by atoms with Crippen LogP contribution in [0.5, 0.6) is 0 Å². The highest BCUT2D eigenvalue weighted by atomic mass is 32.2. The van der Waals surface area contributed by atoms with E-state index >= 15 is 0 Å². The van der Waals surface area contributed by atoms with Crippen molar-refractivity contribution in [1.29, 1.82) is 0 Å². The fourth-order valence-electron chi connectivity index (χ4n) is 3.00. The Labute approximate surface area is 153 Å². The molecule has 1 aromatic rings. The maximum atomic E-state index is 13.1. The third kappa shape index (κ3) is 3.87. The van der Waals surface area contributed by atoms with Crippen LogP contribution in [0.15, 0.2) is 34.9 Å². The number of fused-ring (bicyclic) bond motifs is 1. The van der Waals surface area contributed by atoms with Gasteiger partial charge in [0.2, 0.25) is 21.6 Å². The summed E-state index contributed by atoms with van der Waals surface area (Å²) < 4.78 is 27.7. The third-order valence-electron chi connectivity index (χ3n) is 4.03. The molecule has 1 aromatic carbocycles. The number of carbonyl (C=O) groups is 2. The van der Waals surface area contributed by atoms with Gasteiger partial charge in [-0.15, -0.1) is 0 Å². The highest BCUT2D eigenvalue weighted by molar-refractivity contribution is 7.94. The lowest BCUT2D eigenvalue weighted by molar-refractivity contribution is 0.0946. The van der Waals surface area contributed by atoms with Gasteiger partial charge in [0.15, 0.2) is 4.91 Å². The van der Waals surface area contributed by atoms with Crippen LogP contribution in [-0.2, 0) is 10.0 Å². The van der Waals surface area contributed by atoms with Crippen LogP contribution in [-0.4, -0.2) is 56.2 Å². The number of rotatable bonds is 9. The molecule has 0 saturated carbocycles. The summed E-state index contributed by atoms with van der Waals surface area (Å²) in [5, 5.41) is 8.94. The summed E-state index contributed by atoms with van der Waals surface area (Å²) in [6.45, 7) is 4.12. The summed E-state index contributed by atoms with van der Waals surface area (Å²) in [5.74, 6) is -1.16. The number of hydrogen-bond acceptors (Lipinski definition) is 6. The van der Waals surface area contributed by atoms with Crippen LogP contribution in [0.1, 0.15) is 47.4 Å². The molecule has 0 saturated heterocycles. The lowest BCUT2D eigenvalue weighted by atomic mass is 9.91.